The predicted octanol–water partition coefficient (Wildman–Crippen LogP) is 1.50. The van der Waals surface area contributed by atoms with Crippen LogP contribution in [-0.2, 0) is 9.59 Å². The molecular formula is C12H19NO3. The zero-order valence-electron chi connectivity index (χ0n) is 9.69. The third-order valence-corrected chi connectivity index (χ3v) is 4.10. The molecule has 0 spiro atoms. The van der Waals surface area contributed by atoms with Crippen LogP contribution in [0.5, 0.6) is 0 Å². The summed E-state index contributed by atoms with van der Waals surface area (Å²) in [6.45, 7) is 2.21. The Morgan fingerprint density at radius 1 is 1.19 bits per heavy atom. The van der Waals surface area contributed by atoms with Gasteiger partial charge in [-0.2, -0.15) is 0 Å². The number of carboxylic acids is 1. The Morgan fingerprint density at radius 2 is 1.88 bits per heavy atom. The monoisotopic (exact) mass is 225 g/mol. The van der Waals surface area contributed by atoms with Gasteiger partial charge >= 0.3 is 5.97 Å². The maximum absolute atomic E-state index is 11.5. The molecule has 1 N–H and O–H groups in total. The summed E-state index contributed by atoms with van der Waals surface area (Å²) >= 11 is 0. The number of fused-ring (bicyclic) bond motifs is 1. The second-order valence-corrected chi connectivity index (χ2v) is 4.96. The van der Waals surface area contributed by atoms with Crippen molar-refractivity contribution in [3.63, 3.8) is 0 Å². The van der Waals surface area contributed by atoms with Gasteiger partial charge in [0.25, 0.3) is 0 Å². The van der Waals surface area contributed by atoms with Crippen molar-refractivity contribution in [1.82, 2.24) is 4.90 Å². The van der Waals surface area contributed by atoms with Crippen molar-refractivity contribution >= 4 is 11.9 Å². The molecule has 3 unspecified atom stereocenters. The fourth-order valence-corrected chi connectivity index (χ4v) is 3.35. The molecule has 1 amide bonds. The van der Waals surface area contributed by atoms with Crippen molar-refractivity contribution in [2.24, 2.45) is 11.8 Å². The van der Waals surface area contributed by atoms with Crippen LogP contribution in [0, 0.1) is 11.8 Å². The zero-order chi connectivity index (χ0) is 11.7. The van der Waals surface area contributed by atoms with E-state index in [1.54, 1.807) is 6.92 Å². The van der Waals surface area contributed by atoms with E-state index >= 15 is 0 Å². The molecule has 3 atom stereocenters. The van der Waals surface area contributed by atoms with Gasteiger partial charge in [0.1, 0.15) is 0 Å². The number of likely N-dealkylation sites (tertiary alicyclic amines) is 1. The minimum atomic E-state index is -0.680. The molecule has 0 aromatic heterocycles. The lowest BCUT2D eigenvalue weighted by molar-refractivity contribution is -0.153. The molecular weight excluding hydrogens is 206 g/mol. The van der Waals surface area contributed by atoms with Crippen LogP contribution < -0.4 is 0 Å². The molecule has 90 valence electrons. The molecule has 4 nitrogen and oxygen atoms in total. The van der Waals surface area contributed by atoms with Crippen LogP contribution in [-0.4, -0.2) is 34.5 Å². The highest BCUT2D eigenvalue weighted by Crippen LogP contribution is 2.39. The van der Waals surface area contributed by atoms with E-state index < -0.39 is 5.97 Å². The fourth-order valence-electron chi connectivity index (χ4n) is 3.35. The van der Waals surface area contributed by atoms with Crippen LogP contribution in [0.25, 0.3) is 0 Å². The first-order valence-corrected chi connectivity index (χ1v) is 6.11. The van der Waals surface area contributed by atoms with Crippen LogP contribution in [0.1, 0.15) is 39.0 Å². The van der Waals surface area contributed by atoms with Gasteiger partial charge < -0.3 is 10.0 Å². The molecule has 2 fully saturated rings. The first-order valence-electron chi connectivity index (χ1n) is 6.11. The van der Waals surface area contributed by atoms with Gasteiger partial charge in [-0.05, 0) is 25.2 Å². The largest absolute Gasteiger partial charge is 0.481 e. The van der Waals surface area contributed by atoms with E-state index in [1.807, 2.05) is 4.90 Å². The standard InChI is InChI=1S/C12H19NO3/c1-8(14)13-7-6-10(12(15)16)9-4-2-3-5-11(9)13/h9-11H,2-7H2,1H3,(H,15,16). The van der Waals surface area contributed by atoms with E-state index in [0.717, 1.165) is 25.7 Å². The number of amides is 1. The van der Waals surface area contributed by atoms with Gasteiger partial charge in [0.2, 0.25) is 5.91 Å². The number of carbonyl (C=O) groups is 2. The molecule has 1 saturated carbocycles. The van der Waals surface area contributed by atoms with Crippen molar-refractivity contribution in [2.45, 2.75) is 45.1 Å². The summed E-state index contributed by atoms with van der Waals surface area (Å²) < 4.78 is 0. The highest BCUT2D eigenvalue weighted by atomic mass is 16.4. The van der Waals surface area contributed by atoms with Crippen molar-refractivity contribution in [2.75, 3.05) is 6.54 Å². The number of aliphatic carboxylic acids is 1. The molecule has 1 aliphatic heterocycles. The van der Waals surface area contributed by atoms with Crippen molar-refractivity contribution in [1.29, 1.82) is 0 Å². The van der Waals surface area contributed by atoms with Crippen LogP contribution in [0.2, 0.25) is 0 Å². The maximum Gasteiger partial charge on any atom is 0.306 e. The summed E-state index contributed by atoms with van der Waals surface area (Å²) in [5.74, 6) is -0.634. The van der Waals surface area contributed by atoms with E-state index in [9.17, 15) is 14.7 Å². The second kappa shape index (κ2) is 4.44. The summed E-state index contributed by atoms with van der Waals surface area (Å²) in [4.78, 5) is 24.6. The van der Waals surface area contributed by atoms with E-state index in [2.05, 4.69) is 0 Å². The zero-order valence-corrected chi connectivity index (χ0v) is 9.69. The first-order chi connectivity index (χ1) is 7.61. The quantitative estimate of drug-likeness (QED) is 0.735. The van der Waals surface area contributed by atoms with Crippen LogP contribution >= 0.6 is 0 Å². The maximum atomic E-state index is 11.5. The number of nitrogens with zero attached hydrogens (tertiary/aromatic N) is 1. The molecule has 1 saturated heterocycles. The third-order valence-electron chi connectivity index (χ3n) is 4.10. The van der Waals surface area contributed by atoms with Gasteiger partial charge in [-0.3, -0.25) is 9.59 Å². The molecule has 0 aromatic carbocycles. The lowest BCUT2D eigenvalue weighted by Crippen LogP contribution is -2.53. The Kier molecular flexibility index (Phi) is 3.17. The topological polar surface area (TPSA) is 57.6 Å². The summed E-state index contributed by atoms with van der Waals surface area (Å²) in [7, 11) is 0. The molecule has 1 heterocycles. The SMILES string of the molecule is CC(=O)N1CCC(C(=O)O)C2CCCCC21. The van der Waals surface area contributed by atoms with E-state index in [0.29, 0.717) is 13.0 Å². The third kappa shape index (κ3) is 1.93. The van der Waals surface area contributed by atoms with Crippen LogP contribution in [0.15, 0.2) is 0 Å². The first kappa shape index (κ1) is 11.4. The van der Waals surface area contributed by atoms with Gasteiger partial charge in [0.05, 0.1) is 5.92 Å². The van der Waals surface area contributed by atoms with Gasteiger partial charge in [0.15, 0.2) is 0 Å². The lowest BCUT2D eigenvalue weighted by atomic mass is 9.72. The Hall–Kier alpha value is -1.06. The number of carbonyl (C=O) groups excluding carboxylic acids is 1. The molecule has 0 aromatic rings. The van der Waals surface area contributed by atoms with Gasteiger partial charge in [-0.15, -0.1) is 0 Å². The average Bonchev–Trinajstić information content (AvgIpc) is 2.27. The number of rotatable bonds is 1. The molecule has 2 aliphatic rings. The van der Waals surface area contributed by atoms with Gasteiger partial charge in [-0.25, -0.2) is 0 Å². The fraction of sp³-hybridized carbons (Fsp3) is 0.833. The highest BCUT2D eigenvalue weighted by molar-refractivity contribution is 5.75. The number of piperidine rings is 1. The molecule has 4 heteroatoms. The van der Waals surface area contributed by atoms with Crippen molar-refractivity contribution in [3.05, 3.63) is 0 Å². The van der Waals surface area contributed by atoms with Gasteiger partial charge in [0, 0.05) is 19.5 Å². The summed E-state index contributed by atoms with van der Waals surface area (Å²) in [5, 5.41) is 9.20. The predicted molar refractivity (Wildman–Crippen MR) is 58.9 cm³/mol. The normalized spacial score (nSPS) is 34.3. The number of hydrogen-bond donors (Lipinski definition) is 1. The van der Waals surface area contributed by atoms with Gasteiger partial charge in [-0.1, -0.05) is 12.8 Å². The second-order valence-electron chi connectivity index (χ2n) is 4.96. The summed E-state index contributed by atoms with van der Waals surface area (Å²) in [6, 6.07) is 0.182. The highest BCUT2D eigenvalue weighted by Gasteiger charge is 2.43. The number of hydrogen-bond acceptors (Lipinski definition) is 2. The van der Waals surface area contributed by atoms with E-state index in [4.69, 9.17) is 0 Å². The minimum absolute atomic E-state index is 0.0979. The number of carboxylic acid groups (broad SMARTS) is 1. The van der Waals surface area contributed by atoms with Crippen molar-refractivity contribution < 1.29 is 14.7 Å². The minimum Gasteiger partial charge on any atom is -0.481 e. The van der Waals surface area contributed by atoms with E-state index in [1.165, 1.54) is 0 Å². The van der Waals surface area contributed by atoms with E-state index in [-0.39, 0.29) is 23.8 Å². The molecule has 0 bridgehead atoms. The van der Waals surface area contributed by atoms with Crippen molar-refractivity contribution in [3.8, 4) is 0 Å². The molecule has 2 rings (SSSR count). The summed E-state index contributed by atoms with van der Waals surface area (Å²) in [6.07, 6.45) is 4.80. The Balaban J connectivity index is 2.17. The Morgan fingerprint density at radius 3 is 2.50 bits per heavy atom. The molecule has 1 aliphatic carbocycles. The van der Waals surface area contributed by atoms with Crippen LogP contribution in [0.4, 0.5) is 0 Å². The molecule has 16 heavy (non-hydrogen) atoms. The van der Waals surface area contributed by atoms with Crippen LogP contribution in [0.3, 0.4) is 0 Å². The Labute approximate surface area is 95.6 Å². The Bertz CT molecular complexity index is 273. The smallest absolute Gasteiger partial charge is 0.306 e. The summed E-state index contributed by atoms with van der Waals surface area (Å²) in [5.41, 5.74) is 0. The average molecular weight is 225 g/mol. The lowest BCUT2D eigenvalue weighted by Gasteiger charge is -2.46. The molecule has 0 radical (unpaired) electrons.